The average Bonchev–Trinajstić information content (AvgIpc) is 2.23. The lowest BCUT2D eigenvalue weighted by atomic mass is 10.2. The van der Waals surface area contributed by atoms with E-state index in [1.807, 2.05) is 13.8 Å². The van der Waals surface area contributed by atoms with Crippen LogP contribution in [0, 0.1) is 6.92 Å². The van der Waals surface area contributed by atoms with Crippen LogP contribution >= 0.6 is 15.9 Å². The van der Waals surface area contributed by atoms with Gasteiger partial charge in [0.05, 0.1) is 16.8 Å². The second-order valence-corrected chi connectivity index (χ2v) is 4.01. The molecule has 0 radical (unpaired) electrons. The van der Waals surface area contributed by atoms with Crippen LogP contribution in [0.3, 0.4) is 0 Å². The number of aromatic nitrogens is 1. The molecule has 1 aromatic heterocycles. The molecule has 84 valence electrons. The summed E-state index contributed by atoms with van der Waals surface area (Å²) in [7, 11) is 0. The Bertz CT molecular complexity index is 401. The van der Waals surface area contributed by atoms with Crippen molar-refractivity contribution < 1.29 is 4.74 Å². The molecule has 15 heavy (non-hydrogen) atoms. The van der Waals surface area contributed by atoms with Gasteiger partial charge in [0, 0.05) is 19.3 Å². The van der Waals surface area contributed by atoms with Crippen molar-refractivity contribution in [2.45, 2.75) is 20.4 Å². The van der Waals surface area contributed by atoms with Crippen molar-refractivity contribution in [3.05, 3.63) is 26.6 Å². The Morgan fingerprint density at radius 3 is 2.87 bits per heavy atom. The second-order valence-electron chi connectivity index (χ2n) is 3.22. The topological polar surface area (TPSA) is 57.2 Å². The first kappa shape index (κ1) is 12.3. The maximum absolute atomic E-state index is 11.7. The van der Waals surface area contributed by atoms with E-state index in [0.717, 1.165) is 5.56 Å². The van der Waals surface area contributed by atoms with Crippen LogP contribution in [-0.2, 0) is 11.3 Å². The number of hydrogen-bond donors (Lipinski definition) is 1. The van der Waals surface area contributed by atoms with Gasteiger partial charge in [0.2, 0.25) is 0 Å². The van der Waals surface area contributed by atoms with E-state index in [-0.39, 0.29) is 5.56 Å². The van der Waals surface area contributed by atoms with Crippen LogP contribution in [-0.4, -0.2) is 17.8 Å². The highest BCUT2D eigenvalue weighted by Gasteiger charge is 2.07. The third-order valence-electron chi connectivity index (χ3n) is 2.19. The van der Waals surface area contributed by atoms with Gasteiger partial charge in [-0.05, 0) is 35.3 Å². The van der Waals surface area contributed by atoms with Crippen molar-refractivity contribution in [1.82, 2.24) is 4.57 Å². The molecule has 1 aromatic rings. The van der Waals surface area contributed by atoms with Gasteiger partial charge in [-0.2, -0.15) is 0 Å². The molecular formula is C10H15BrN2O2. The highest BCUT2D eigenvalue weighted by atomic mass is 79.9. The van der Waals surface area contributed by atoms with Gasteiger partial charge in [0.25, 0.3) is 5.56 Å². The Kier molecular flexibility index (Phi) is 4.35. The van der Waals surface area contributed by atoms with Gasteiger partial charge >= 0.3 is 0 Å². The lowest BCUT2D eigenvalue weighted by Crippen LogP contribution is -2.24. The number of rotatable bonds is 4. The van der Waals surface area contributed by atoms with E-state index >= 15 is 0 Å². The van der Waals surface area contributed by atoms with E-state index in [1.54, 1.807) is 10.8 Å². The van der Waals surface area contributed by atoms with Gasteiger partial charge < -0.3 is 15.0 Å². The maximum Gasteiger partial charge on any atom is 0.265 e. The van der Waals surface area contributed by atoms with Crippen molar-refractivity contribution in [1.29, 1.82) is 0 Å². The van der Waals surface area contributed by atoms with Crippen molar-refractivity contribution in [3.8, 4) is 0 Å². The van der Waals surface area contributed by atoms with Gasteiger partial charge in [-0.1, -0.05) is 0 Å². The summed E-state index contributed by atoms with van der Waals surface area (Å²) in [4.78, 5) is 11.7. The molecule has 0 saturated heterocycles. The molecule has 0 aliphatic rings. The first-order valence-electron chi connectivity index (χ1n) is 4.80. The number of hydrogen-bond acceptors (Lipinski definition) is 3. The third-order valence-corrected chi connectivity index (χ3v) is 3.12. The summed E-state index contributed by atoms with van der Waals surface area (Å²) < 4.78 is 7.27. The van der Waals surface area contributed by atoms with E-state index < -0.39 is 0 Å². The number of nitrogen functional groups attached to an aromatic ring is 1. The molecule has 0 aliphatic heterocycles. The number of pyridine rings is 1. The van der Waals surface area contributed by atoms with Crippen LogP contribution in [0.15, 0.2) is 15.5 Å². The van der Waals surface area contributed by atoms with E-state index in [1.165, 1.54) is 0 Å². The van der Waals surface area contributed by atoms with Crippen molar-refractivity contribution in [2.75, 3.05) is 18.9 Å². The fourth-order valence-electron chi connectivity index (χ4n) is 1.21. The van der Waals surface area contributed by atoms with Gasteiger partial charge in [-0.15, -0.1) is 0 Å². The maximum atomic E-state index is 11.7. The molecule has 0 spiro atoms. The van der Waals surface area contributed by atoms with Gasteiger partial charge in [0.1, 0.15) is 0 Å². The Morgan fingerprint density at radius 1 is 1.60 bits per heavy atom. The largest absolute Gasteiger partial charge is 0.397 e. The molecule has 0 unspecified atom stereocenters. The summed E-state index contributed by atoms with van der Waals surface area (Å²) in [6.07, 6.45) is 1.65. The Labute approximate surface area is 97.2 Å². The summed E-state index contributed by atoms with van der Waals surface area (Å²) in [6.45, 7) is 5.42. The number of ether oxygens (including phenoxy) is 1. The zero-order valence-corrected chi connectivity index (χ0v) is 10.5. The summed E-state index contributed by atoms with van der Waals surface area (Å²) in [5.74, 6) is 0. The predicted molar refractivity (Wildman–Crippen MR) is 64.0 cm³/mol. The molecule has 2 N–H and O–H groups in total. The standard InChI is InChI=1S/C10H15BrN2O2/c1-3-15-5-4-13-6-8(12)7(2)9(11)10(13)14/h6H,3-5,12H2,1-2H3. The summed E-state index contributed by atoms with van der Waals surface area (Å²) >= 11 is 3.24. The van der Waals surface area contributed by atoms with Crippen LogP contribution in [0.25, 0.3) is 0 Å². The van der Waals surface area contributed by atoms with E-state index in [9.17, 15) is 4.79 Å². The van der Waals surface area contributed by atoms with Crippen LogP contribution < -0.4 is 11.3 Å². The smallest absolute Gasteiger partial charge is 0.265 e. The average molecular weight is 275 g/mol. The zero-order chi connectivity index (χ0) is 11.4. The molecule has 0 aliphatic carbocycles. The lowest BCUT2D eigenvalue weighted by molar-refractivity contribution is 0.138. The highest BCUT2D eigenvalue weighted by Crippen LogP contribution is 2.16. The minimum Gasteiger partial charge on any atom is -0.397 e. The van der Waals surface area contributed by atoms with E-state index in [2.05, 4.69) is 15.9 Å². The first-order chi connectivity index (χ1) is 7.07. The number of anilines is 1. The third kappa shape index (κ3) is 2.82. The monoisotopic (exact) mass is 274 g/mol. The number of nitrogens with two attached hydrogens (primary N) is 1. The summed E-state index contributed by atoms with van der Waals surface area (Å²) in [5, 5.41) is 0. The number of nitrogens with zero attached hydrogens (tertiary/aromatic N) is 1. The normalized spacial score (nSPS) is 10.6. The Morgan fingerprint density at radius 2 is 2.27 bits per heavy atom. The molecule has 4 nitrogen and oxygen atoms in total. The zero-order valence-electron chi connectivity index (χ0n) is 8.92. The minimum atomic E-state index is -0.0681. The van der Waals surface area contributed by atoms with Crippen LogP contribution in [0.2, 0.25) is 0 Å². The van der Waals surface area contributed by atoms with Crippen molar-refractivity contribution >= 4 is 21.6 Å². The Hall–Kier alpha value is -0.810. The summed E-state index contributed by atoms with van der Waals surface area (Å²) in [5.41, 5.74) is 7.09. The van der Waals surface area contributed by atoms with Crippen LogP contribution in [0.1, 0.15) is 12.5 Å². The molecule has 0 bridgehead atoms. The molecule has 1 rings (SSSR count). The lowest BCUT2D eigenvalue weighted by Gasteiger charge is -2.10. The molecule has 0 fully saturated rings. The van der Waals surface area contributed by atoms with Crippen molar-refractivity contribution in [3.63, 3.8) is 0 Å². The van der Waals surface area contributed by atoms with Gasteiger partial charge in [-0.25, -0.2) is 0 Å². The fourth-order valence-corrected chi connectivity index (χ4v) is 1.67. The molecule has 5 heteroatoms. The van der Waals surface area contributed by atoms with Crippen molar-refractivity contribution in [2.24, 2.45) is 0 Å². The predicted octanol–water partition coefficient (Wildman–Crippen LogP) is 1.54. The Balaban J connectivity index is 2.94. The molecular weight excluding hydrogens is 260 g/mol. The molecule has 0 aromatic carbocycles. The molecule has 0 atom stereocenters. The van der Waals surface area contributed by atoms with Gasteiger partial charge in [-0.3, -0.25) is 4.79 Å². The molecule has 0 saturated carbocycles. The van der Waals surface area contributed by atoms with E-state index in [0.29, 0.717) is 29.9 Å². The quantitative estimate of drug-likeness (QED) is 0.848. The SMILES string of the molecule is CCOCCn1cc(N)c(C)c(Br)c1=O. The number of halogens is 1. The van der Waals surface area contributed by atoms with E-state index in [4.69, 9.17) is 10.5 Å². The molecule has 0 amide bonds. The fraction of sp³-hybridized carbons (Fsp3) is 0.500. The van der Waals surface area contributed by atoms with Crippen LogP contribution in [0.4, 0.5) is 5.69 Å². The minimum absolute atomic E-state index is 0.0681. The highest BCUT2D eigenvalue weighted by molar-refractivity contribution is 9.10. The van der Waals surface area contributed by atoms with Gasteiger partial charge in [0.15, 0.2) is 0 Å². The first-order valence-corrected chi connectivity index (χ1v) is 5.60. The molecule has 1 heterocycles. The second kappa shape index (κ2) is 5.32. The van der Waals surface area contributed by atoms with Crippen LogP contribution in [0.5, 0.6) is 0 Å². The summed E-state index contributed by atoms with van der Waals surface area (Å²) in [6, 6.07) is 0.